The van der Waals surface area contributed by atoms with Crippen molar-refractivity contribution in [1.29, 1.82) is 0 Å². The van der Waals surface area contributed by atoms with Crippen molar-refractivity contribution in [3.05, 3.63) is 29.8 Å². The van der Waals surface area contributed by atoms with Gasteiger partial charge in [-0.3, -0.25) is 24.0 Å². The zero-order valence-electron chi connectivity index (χ0n) is 27.1. The standard InChI is InChI=1S/C32H50BrN5O7/c1-21(2)28(38-26(40)11-7-6-8-16-35-27(41)19-33)25(39)18-23(10-9-17-36-31(34)44)29(42)37-24-14-12-22(13-15-24)20-45-30(43)32(3,4)5/h12-15,21,23,28H,6-11,16-20H2,1-5H3,(H,35,41)(H,37,42)(H,38,40)(H3,34,36,44)/t23-,28+/m0/s1. The van der Waals surface area contributed by atoms with Gasteiger partial charge in [-0.25, -0.2) is 4.79 Å². The minimum Gasteiger partial charge on any atom is -0.460 e. The lowest BCUT2D eigenvalue weighted by molar-refractivity contribution is -0.154. The van der Waals surface area contributed by atoms with Crippen LogP contribution in [0.5, 0.6) is 0 Å². The predicted molar refractivity (Wildman–Crippen MR) is 176 cm³/mol. The number of amides is 5. The molecular weight excluding hydrogens is 646 g/mol. The van der Waals surface area contributed by atoms with E-state index in [1.807, 2.05) is 13.8 Å². The number of rotatable bonds is 20. The summed E-state index contributed by atoms with van der Waals surface area (Å²) in [4.78, 5) is 73.8. The minimum atomic E-state index is -0.759. The molecule has 0 aliphatic rings. The Morgan fingerprint density at radius 1 is 0.889 bits per heavy atom. The van der Waals surface area contributed by atoms with Crippen molar-refractivity contribution >= 4 is 57.1 Å². The first-order chi connectivity index (χ1) is 21.1. The van der Waals surface area contributed by atoms with Gasteiger partial charge in [-0.05, 0) is 70.1 Å². The number of halogens is 1. The van der Waals surface area contributed by atoms with Gasteiger partial charge in [0.2, 0.25) is 17.7 Å². The predicted octanol–water partition coefficient (Wildman–Crippen LogP) is 3.95. The molecule has 0 spiro atoms. The van der Waals surface area contributed by atoms with E-state index < -0.39 is 23.4 Å². The van der Waals surface area contributed by atoms with Crippen LogP contribution in [0.1, 0.15) is 85.1 Å². The molecule has 0 saturated carbocycles. The molecule has 13 heteroatoms. The highest BCUT2D eigenvalue weighted by Crippen LogP contribution is 2.21. The number of ether oxygens (including phenoxy) is 1. The second-order valence-corrected chi connectivity index (χ2v) is 13.0. The number of hydrogen-bond acceptors (Lipinski definition) is 7. The third-order valence-corrected chi connectivity index (χ3v) is 7.41. The van der Waals surface area contributed by atoms with Crippen molar-refractivity contribution in [3.8, 4) is 0 Å². The zero-order chi connectivity index (χ0) is 34.0. The Morgan fingerprint density at radius 3 is 2.11 bits per heavy atom. The van der Waals surface area contributed by atoms with Crippen molar-refractivity contribution in [2.45, 2.75) is 92.2 Å². The molecule has 1 aromatic rings. The van der Waals surface area contributed by atoms with Crippen molar-refractivity contribution in [2.75, 3.05) is 23.7 Å². The van der Waals surface area contributed by atoms with Gasteiger partial charge < -0.3 is 31.7 Å². The van der Waals surface area contributed by atoms with Crippen LogP contribution >= 0.6 is 15.9 Å². The summed E-state index contributed by atoms with van der Waals surface area (Å²) in [6, 6.07) is 5.44. The van der Waals surface area contributed by atoms with Crippen LogP contribution in [0.25, 0.3) is 0 Å². The van der Waals surface area contributed by atoms with Crippen LogP contribution in [-0.4, -0.2) is 60.0 Å². The summed E-state index contributed by atoms with van der Waals surface area (Å²) >= 11 is 3.09. The molecule has 0 aromatic heterocycles. The largest absolute Gasteiger partial charge is 0.460 e. The van der Waals surface area contributed by atoms with E-state index in [9.17, 15) is 28.8 Å². The fraction of sp³-hybridized carbons (Fsp3) is 0.625. The molecule has 45 heavy (non-hydrogen) atoms. The van der Waals surface area contributed by atoms with Gasteiger partial charge in [0, 0.05) is 37.5 Å². The molecule has 0 heterocycles. The second-order valence-electron chi connectivity index (χ2n) is 12.4. The third-order valence-electron chi connectivity index (χ3n) is 6.90. The van der Waals surface area contributed by atoms with Crippen LogP contribution in [0.2, 0.25) is 0 Å². The van der Waals surface area contributed by atoms with Crippen LogP contribution in [-0.2, 0) is 35.3 Å². The quantitative estimate of drug-likeness (QED) is 0.0776. The molecule has 5 amide bonds. The first-order valence-electron chi connectivity index (χ1n) is 15.4. The molecular formula is C32H50BrN5O7. The Balaban J connectivity index is 2.80. The molecule has 12 nitrogen and oxygen atoms in total. The summed E-state index contributed by atoms with van der Waals surface area (Å²) in [5, 5.41) is 11.2. The lowest BCUT2D eigenvalue weighted by Crippen LogP contribution is -2.45. The summed E-state index contributed by atoms with van der Waals surface area (Å²) in [6.07, 6.45) is 2.99. The van der Waals surface area contributed by atoms with Gasteiger partial charge in [0.25, 0.3) is 0 Å². The number of unbranched alkanes of at least 4 members (excludes halogenated alkanes) is 2. The summed E-state index contributed by atoms with van der Waals surface area (Å²) in [5.74, 6) is -2.18. The van der Waals surface area contributed by atoms with Crippen LogP contribution in [0.3, 0.4) is 0 Å². The van der Waals surface area contributed by atoms with Crippen LogP contribution in [0.4, 0.5) is 10.5 Å². The Bertz CT molecular complexity index is 1140. The molecule has 0 saturated heterocycles. The number of alkyl halides is 1. The molecule has 0 bridgehead atoms. The van der Waals surface area contributed by atoms with Gasteiger partial charge in [0.15, 0.2) is 5.78 Å². The van der Waals surface area contributed by atoms with Gasteiger partial charge in [0.05, 0.1) is 16.8 Å². The molecule has 252 valence electrons. The fourth-order valence-electron chi connectivity index (χ4n) is 4.28. The highest BCUT2D eigenvalue weighted by atomic mass is 79.9. The van der Waals surface area contributed by atoms with E-state index in [1.54, 1.807) is 45.0 Å². The summed E-state index contributed by atoms with van der Waals surface area (Å²) in [7, 11) is 0. The average Bonchev–Trinajstić information content (AvgIpc) is 2.97. The first-order valence-corrected chi connectivity index (χ1v) is 16.5. The minimum absolute atomic E-state index is 0.0871. The Morgan fingerprint density at radius 2 is 1.53 bits per heavy atom. The van der Waals surface area contributed by atoms with E-state index in [4.69, 9.17) is 10.5 Å². The smallest absolute Gasteiger partial charge is 0.312 e. The molecule has 0 aliphatic carbocycles. The van der Waals surface area contributed by atoms with Crippen molar-refractivity contribution < 1.29 is 33.5 Å². The number of Topliss-reactive ketones (excluding diaryl/α,β-unsaturated/α-hetero) is 1. The molecule has 2 atom stereocenters. The number of anilines is 1. The van der Waals surface area contributed by atoms with E-state index in [2.05, 4.69) is 37.2 Å². The maximum absolute atomic E-state index is 13.4. The summed E-state index contributed by atoms with van der Waals surface area (Å²) in [6.45, 7) is 9.88. The topological polar surface area (TPSA) is 186 Å². The van der Waals surface area contributed by atoms with Crippen molar-refractivity contribution in [3.63, 3.8) is 0 Å². The maximum atomic E-state index is 13.4. The lowest BCUT2D eigenvalue weighted by Gasteiger charge is -2.24. The van der Waals surface area contributed by atoms with Crippen LogP contribution in [0.15, 0.2) is 24.3 Å². The molecule has 0 unspecified atom stereocenters. The van der Waals surface area contributed by atoms with E-state index >= 15 is 0 Å². The van der Waals surface area contributed by atoms with E-state index in [0.717, 1.165) is 18.4 Å². The number of primary amides is 1. The number of nitrogens with one attached hydrogen (secondary N) is 4. The highest BCUT2D eigenvalue weighted by Gasteiger charge is 2.29. The Labute approximate surface area is 274 Å². The average molecular weight is 697 g/mol. The van der Waals surface area contributed by atoms with Gasteiger partial charge in [-0.15, -0.1) is 0 Å². The van der Waals surface area contributed by atoms with Crippen LogP contribution < -0.4 is 27.0 Å². The number of urea groups is 1. The molecule has 1 aromatic carbocycles. The van der Waals surface area contributed by atoms with Crippen molar-refractivity contribution in [2.24, 2.45) is 23.0 Å². The molecule has 1 rings (SSSR count). The number of carbonyl (C=O) groups is 6. The van der Waals surface area contributed by atoms with E-state index in [0.29, 0.717) is 31.5 Å². The normalized spacial score (nSPS) is 12.5. The maximum Gasteiger partial charge on any atom is 0.312 e. The third kappa shape index (κ3) is 17.0. The first kappa shape index (κ1) is 39.5. The molecule has 0 radical (unpaired) electrons. The zero-order valence-corrected chi connectivity index (χ0v) is 28.7. The van der Waals surface area contributed by atoms with Gasteiger partial charge in [-0.2, -0.15) is 0 Å². The number of carbonyl (C=O) groups excluding carboxylic acids is 6. The lowest BCUT2D eigenvalue weighted by atomic mass is 9.89. The van der Waals surface area contributed by atoms with Gasteiger partial charge in [-0.1, -0.05) is 48.3 Å². The van der Waals surface area contributed by atoms with Gasteiger partial charge >= 0.3 is 12.0 Å². The number of hydrogen-bond donors (Lipinski definition) is 5. The van der Waals surface area contributed by atoms with Gasteiger partial charge in [0.1, 0.15) is 6.61 Å². The van der Waals surface area contributed by atoms with Crippen LogP contribution in [0, 0.1) is 17.3 Å². The number of benzene rings is 1. The number of nitrogens with two attached hydrogens (primary N) is 1. The van der Waals surface area contributed by atoms with E-state index in [-0.39, 0.29) is 66.7 Å². The fourth-order valence-corrected chi connectivity index (χ4v) is 4.47. The molecule has 0 fully saturated rings. The Kier molecular flexibility index (Phi) is 18.0. The SMILES string of the molecule is CC(C)[C@@H](NC(=O)CCCCCNC(=O)CBr)C(=O)C[C@H](CCCNC(N)=O)C(=O)Nc1ccc(COC(=O)C(C)(C)C)cc1. The monoisotopic (exact) mass is 695 g/mol. The molecule has 0 aliphatic heterocycles. The number of esters is 1. The Hall–Kier alpha value is -3.48. The highest BCUT2D eigenvalue weighted by molar-refractivity contribution is 9.09. The molecule has 6 N–H and O–H groups in total. The summed E-state index contributed by atoms with van der Waals surface area (Å²) in [5.41, 5.74) is 5.81. The summed E-state index contributed by atoms with van der Waals surface area (Å²) < 4.78 is 5.34. The van der Waals surface area contributed by atoms with E-state index in [1.165, 1.54) is 0 Å². The van der Waals surface area contributed by atoms with Crippen molar-refractivity contribution in [1.82, 2.24) is 16.0 Å². The second kappa shape index (κ2) is 20.5. The number of ketones is 1.